The maximum atomic E-state index is 10.9. The van der Waals surface area contributed by atoms with Crippen LogP contribution in [0, 0.1) is 0 Å². The molecule has 1 fully saturated rings. The molecule has 4 atom stereocenters. The maximum Gasteiger partial charge on any atom is 0.101 e. The molecule has 1 aliphatic heterocycles. The van der Waals surface area contributed by atoms with E-state index in [9.17, 15) is 5.11 Å². The van der Waals surface area contributed by atoms with E-state index in [0.717, 1.165) is 38.8 Å². The number of hydrogen-bond acceptors (Lipinski definition) is 4. The van der Waals surface area contributed by atoms with Gasteiger partial charge in [-0.3, -0.25) is 4.90 Å². The van der Waals surface area contributed by atoms with Crippen molar-refractivity contribution in [2.45, 2.75) is 75.7 Å². The Labute approximate surface area is 233 Å². The van der Waals surface area contributed by atoms with Crippen molar-refractivity contribution in [1.82, 2.24) is 4.90 Å². The quantitative estimate of drug-likeness (QED) is 0.249. The van der Waals surface area contributed by atoms with Gasteiger partial charge in [0.05, 0.1) is 24.9 Å². The second kappa shape index (κ2) is 13.9. The average Bonchev–Trinajstić information content (AvgIpc) is 3.30. The van der Waals surface area contributed by atoms with E-state index in [0.29, 0.717) is 19.6 Å². The third kappa shape index (κ3) is 8.00. The fourth-order valence-corrected chi connectivity index (χ4v) is 5.81. The second-order valence-corrected chi connectivity index (χ2v) is 10.9. The van der Waals surface area contributed by atoms with E-state index < -0.39 is 5.60 Å². The Kier molecular flexibility index (Phi) is 9.79. The number of ether oxygens (including phenoxy) is 2. The van der Waals surface area contributed by atoms with Crippen LogP contribution in [0.25, 0.3) is 0 Å². The molecule has 0 amide bonds. The number of rotatable bonds is 13. The molecule has 3 aromatic rings. The topological polar surface area (TPSA) is 41.9 Å². The predicted octanol–water partition coefficient (Wildman–Crippen LogP) is 6.85. The summed E-state index contributed by atoms with van der Waals surface area (Å²) in [5.41, 5.74) is 2.96. The molecule has 1 N–H and O–H groups in total. The van der Waals surface area contributed by atoms with E-state index in [4.69, 9.17) is 9.47 Å². The highest BCUT2D eigenvalue weighted by Gasteiger charge is 2.43. The fourth-order valence-electron chi connectivity index (χ4n) is 5.81. The van der Waals surface area contributed by atoms with Gasteiger partial charge in [-0.15, -0.1) is 0 Å². The van der Waals surface area contributed by atoms with Crippen LogP contribution in [-0.4, -0.2) is 40.4 Å². The molecule has 1 saturated heterocycles. The number of hydrogen-bond donors (Lipinski definition) is 1. The van der Waals surface area contributed by atoms with Crippen molar-refractivity contribution >= 4 is 0 Å². The van der Waals surface area contributed by atoms with Gasteiger partial charge in [-0.25, -0.2) is 0 Å². The van der Waals surface area contributed by atoms with Gasteiger partial charge in [0, 0.05) is 19.1 Å². The van der Waals surface area contributed by atoms with E-state index in [1.807, 2.05) is 30.4 Å². The van der Waals surface area contributed by atoms with Gasteiger partial charge in [-0.2, -0.15) is 0 Å². The lowest BCUT2D eigenvalue weighted by Gasteiger charge is -2.30. The van der Waals surface area contributed by atoms with Crippen molar-refractivity contribution in [3.63, 3.8) is 0 Å². The summed E-state index contributed by atoms with van der Waals surface area (Å²) in [4.78, 5) is 2.55. The summed E-state index contributed by atoms with van der Waals surface area (Å²) in [5, 5.41) is 10.9. The van der Waals surface area contributed by atoms with Gasteiger partial charge in [0.25, 0.3) is 0 Å². The van der Waals surface area contributed by atoms with Crippen molar-refractivity contribution in [1.29, 1.82) is 0 Å². The molecule has 0 bridgehead atoms. The lowest BCUT2D eigenvalue weighted by Crippen LogP contribution is -2.38. The average molecular weight is 524 g/mol. The standard InChI is InChI=1S/C35H41NO3/c37-35(22-12-4-13-23-35)24-14-11-21-32-34(39-28-31-19-9-3-10-20-31)33(38-27-30-17-7-2-8-18-30)26-36(32)25-29-15-5-1-6-16-29/h1-10,12-13,15-20,22,32-34,37H,11,14,21,23-28H2/t32?,33-,34-,35?/m1/s1. The van der Waals surface area contributed by atoms with Crippen molar-refractivity contribution in [3.05, 3.63) is 132 Å². The molecule has 0 saturated carbocycles. The van der Waals surface area contributed by atoms with Crippen molar-refractivity contribution < 1.29 is 14.6 Å². The highest BCUT2D eigenvalue weighted by Crippen LogP contribution is 2.32. The third-order valence-corrected chi connectivity index (χ3v) is 7.93. The molecule has 204 valence electrons. The van der Waals surface area contributed by atoms with E-state index in [2.05, 4.69) is 89.8 Å². The SMILES string of the molecule is OC1(CCCCC2[C@@H](OCc3ccccc3)[C@H](OCc3ccccc3)CN2Cc2ccccc2)C=CC=CC1. The zero-order chi connectivity index (χ0) is 26.8. The van der Waals surface area contributed by atoms with Gasteiger partial charge in [0.1, 0.15) is 6.10 Å². The summed E-state index contributed by atoms with van der Waals surface area (Å²) in [7, 11) is 0. The van der Waals surface area contributed by atoms with E-state index in [-0.39, 0.29) is 18.2 Å². The maximum absolute atomic E-state index is 10.9. The summed E-state index contributed by atoms with van der Waals surface area (Å²) < 4.78 is 13.3. The summed E-state index contributed by atoms with van der Waals surface area (Å²) in [5.74, 6) is 0. The van der Waals surface area contributed by atoms with Crippen LogP contribution < -0.4 is 0 Å². The Morgan fingerprint density at radius 3 is 1.97 bits per heavy atom. The number of aliphatic hydroxyl groups is 1. The number of allylic oxidation sites excluding steroid dienone is 2. The van der Waals surface area contributed by atoms with Gasteiger partial charge in [-0.05, 0) is 36.0 Å². The monoisotopic (exact) mass is 523 g/mol. The Bertz CT molecular complexity index is 1180. The Hall–Kier alpha value is -3.02. The van der Waals surface area contributed by atoms with Gasteiger partial charge in [0.15, 0.2) is 0 Å². The molecule has 39 heavy (non-hydrogen) atoms. The first-order chi connectivity index (χ1) is 19.2. The van der Waals surface area contributed by atoms with Crippen LogP contribution in [0.1, 0.15) is 48.8 Å². The molecule has 0 spiro atoms. The van der Waals surface area contributed by atoms with Gasteiger partial charge >= 0.3 is 0 Å². The molecule has 3 aromatic carbocycles. The summed E-state index contributed by atoms with van der Waals surface area (Å²) >= 11 is 0. The molecule has 4 nitrogen and oxygen atoms in total. The zero-order valence-electron chi connectivity index (χ0n) is 22.8. The highest BCUT2D eigenvalue weighted by atomic mass is 16.5. The molecule has 2 aliphatic rings. The first kappa shape index (κ1) is 27.5. The Morgan fingerprint density at radius 1 is 0.744 bits per heavy atom. The summed E-state index contributed by atoms with van der Waals surface area (Å²) in [6.45, 7) is 2.86. The zero-order valence-corrected chi connectivity index (χ0v) is 22.8. The molecule has 2 unspecified atom stereocenters. The Morgan fingerprint density at radius 2 is 1.36 bits per heavy atom. The fraction of sp³-hybridized carbons (Fsp3) is 0.371. The smallest absolute Gasteiger partial charge is 0.101 e. The van der Waals surface area contributed by atoms with E-state index in [1.54, 1.807) is 0 Å². The largest absolute Gasteiger partial charge is 0.385 e. The second-order valence-electron chi connectivity index (χ2n) is 10.9. The number of likely N-dealkylation sites (tertiary alicyclic amines) is 1. The molecule has 1 aliphatic carbocycles. The Balaban J connectivity index is 1.30. The number of nitrogens with zero attached hydrogens (tertiary/aromatic N) is 1. The molecular weight excluding hydrogens is 482 g/mol. The van der Waals surface area contributed by atoms with Crippen molar-refractivity contribution in [2.75, 3.05) is 6.54 Å². The molecule has 4 heteroatoms. The van der Waals surface area contributed by atoms with E-state index >= 15 is 0 Å². The lowest BCUT2D eigenvalue weighted by atomic mass is 9.89. The van der Waals surface area contributed by atoms with Crippen LogP contribution >= 0.6 is 0 Å². The van der Waals surface area contributed by atoms with Crippen molar-refractivity contribution in [3.8, 4) is 0 Å². The summed E-state index contributed by atoms with van der Waals surface area (Å²) in [6, 6.07) is 31.8. The van der Waals surface area contributed by atoms with Crippen LogP contribution in [-0.2, 0) is 29.2 Å². The summed E-state index contributed by atoms with van der Waals surface area (Å²) in [6.07, 6.45) is 12.4. The van der Waals surface area contributed by atoms with Gasteiger partial charge in [-0.1, -0.05) is 128 Å². The predicted molar refractivity (Wildman–Crippen MR) is 157 cm³/mol. The lowest BCUT2D eigenvalue weighted by molar-refractivity contribution is -0.0721. The number of benzene rings is 3. The third-order valence-electron chi connectivity index (χ3n) is 7.93. The van der Waals surface area contributed by atoms with Crippen LogP contribution in [0.4, 0.5) is 0 Å². The number of unbranched alkanes of at least 4 members (excludes halogenated alkanes) is 1. The molecule has 0 aromatic heterocycles. The minimum Gasteiger partial charge on any atom is -0.385 e. The van der Waals surface area contributed by atoms with Crippen LogP contribution in [0.5, 0.6) is 0 Å². The molecule has 0 radical (unpaired) electrons. The van der Waals surface area contributed by atoms with Gasteiger partial charge < -0.3 is 14.6 Å². The normalized spacial score (nSPS) is 24.8. The molecular formula is C35H41NO3. The van der Waals surface area contributed by atoms with Crippen LogP contribution in [0.15, 0.2) is 115 Å². The van der Waals surface area contributed by atoms with Crippen LogP contribution in [0.3, 0.4) is 0 Å². The van der Waals surface area contributed by atoms with Crippen molar-refractivity contribution in [2.24, 2.45) is 0 Å². The first-order valence-corrected chi connectivity index (χ1v) is 14.3. The molecule has 1 heterocycles. The van der Waals surface area contributed by atoms with E-state index in [1.165, 1.54) is 16.7 Å². The minimum atomic E-state index is -0.710. The highest BCUT2D eigenvalue weighted by molar-refractivity contribution is 5.19. The first-order valence-electron chi connectivity index (χ1n) is 14.3. The van der Waals surface area contributed by atoms with Gasteiger partial charge in [0.2, 0.25) is 0 Å². The van der Waals surface area contributed by atoms with Crippen LogP contribution in [0.2, 0.25) is 0 Å². The molecule has 5 rings (SSSR count). The minimum absolute atomic E-state index is 0.0155.